The van der Waals surface area contributed by atoms with Crippen LogP contribution in [0.25, 0.3) is 22.4 Å². The molecule has 5 heteroatoms. The lowest BCUT2D eigenvalue weighted by atomic mass is 9.99. The van der Waals surface area contributed by atoms with Crippen LogP contribution in [-0.4, -0.2) is 17.8 Å². The molecule has 1 aromatic heterocycles. The van der Waals surface area contributed by atoms with Crippen LogP contribution in [0.4, 0.5) is 0 Å². The van der Waals surface area contributed by atoms with Gasteiger partial charge in [0.1, 0.15) is 5.75 Å². The van der Waals surface area contributed by atoms with Crippen molar-refractivity contribution < 1.29 is 14.2 Å². The summed E-state index contributed by atoms with van der Waals surface area (Å²) in [6.07, 6.45) is 0.992. The summed E-state index contributed by atoms with van der Waals surface area (Å²) in [6.45, 7) is 3.09. The third-order valence-electron chi connectivity index (χ3n) is 4.51. The fraction of sp³-hybridized carbons (Fsp3) is 0.211. The van der Waals surface area contributed by atoms with Gasteiger partial charge in [0.05, 0.1) is 12.3 Å². The van der Waals surface area contributed by atoms with Gasteiger partial charge in [-0.3, -0.25) is 0 Å². The summed E-state index contributed by atoms with van der Waals surface area (Å²) < 4.78 is 21.4. The third kappa shape index (κ3) is 2.08. The second-order valence-electron chi connectivity index (χ2n) is 6.02. The number of rotatable bonds is 2. The zero-order valence-electron chi connectivity index (χ0n) is 13.2. The fourth-order valence-corrected chi connectivity index (χ4v) is 4.02. The molecule has 4 nitrogen and oxygen atoms in total. The SMILES string of the molecule is Cc1cc(-c2nscc2-c2ccc3c(c2)OCC3)cc2c1OCO2. The highest BCUT2D eigenvalue weighted by Crippen LogP contribution is 2.42. The third-order valence-corrected chi connectivity index (χ3v) is 5.14. The van der Waals surface area contributed by atoms with E-state index in [1.165, 1.54) is 17.1 Å². The summed E-state index contributed by atoms with van der Waals surface area (Å²) >= 11 is 1.47. The Morgan fingerprint density at radius 2 is 1.92 bits per heavy atom. The molecule has 0 amide bonds. The van der Waals surface area contributed by atoms with E-state index in [4.69, 9.17) is 14.2 Å². The van der Waals surface area contributed by atoms with E-state index in [2.05, 4.69) is 34.0 Å². The van der Waals surface area contributed by atoms with Gasteiger partial charge in [-0.2, -0.15) is 4.37 Å². The minimum atomic E-state index is 0.283. The van der Waals surface area contributed by atoms with Crippen molar-refractivity contribution in [1.82, 2.24) is 4.37 Å². The first-order valence-electron chi connectivity index (χ1n) is 7.91. The van der Waals surface area contributed by atoms with E-state index in [-0.39, 0.29) is 6.79 Å². The van der Waals surface area contributed by atoms with E-state index in [9.17, 15) is 0 Å². The molecule has 0 radical (unpaired) electrons. The lowest BCUT2D eigenvalue weighted by Gasteiger charge is -2.08. The van der Waals surface area contributed by atoms with Crippen molar-refractivity contribution in [1.29, 1.82) is 0 Å². The summed E-state index contributed by atoms with van der Waals surface area (Å²) in [5, 5.41) is 2.09. The predicted octanol–water partition coefficient (Wildman–Crippen LogP) is 4.45. The first-order valence-corrected chi connectivity index (χ1v) is 8.74. The molecule has 0 saturated heterocycles. The average Bonchev–Trinajstić information content (AvgIpc) is 3.33. The molecule has 2 aliphatic heterocycles. The van der Waals surface area contributed by atoms with Crippen LogP contribution in [0.2, 0.25) is 0 Å². The summed E-state index contributed by atoms with van der Waals surface area (Å²) in [5.41, 5.74) is 6.62. The minimum Gasteiger partial charge on any atom is -0.493 e. The highest BCUT2D eigenvalue weighted by molar-refractivity contribution is 7.04. The Morgan fingerprint density at radius 3 is 2.88 bits per heavy atom. The molecular formula is C19H15NO3S. The van der Waals surface area contributed by atoms with Crippen molar-refractivity contribution in [2.75, 3.05) is 13.4 Å². The molecule has 5 rings (SSSR count). The van der Waals surface area contributed by atoms with Gasteiger partial charge in [-0.25, -0.2) is 0 Å². The van der Waals surface area contributed by atoms with Crippen molar-refractivity contribution in [2.45, 2.75) is 13.3 Å². The van der Waals surface area contributed by atoms with E-state index in [0.29, 0.717) is 0 Å². The average molecular weight is 337 g/mol. The lowest BCUT2D eigenvalue weighted by Crippen LogP contribution is -1.93. The molecule has 2 aromatic carbocycles. The van der Waals surface area contributed by atoms with Crippen molar-refractivity contribution in [3.05, 3.63) is 46.8 Å². The van der Waals surface area contributed by atoms with E-state index in [0.717, 1.165) is 58.2 Å². The van der Waals surface area contributed by atoms with Crippen LogP contribution in [0, 0.1) is 6.92 Å². The van der Waals surface area contributed by atoms with Gasteiger partial charge >= 0.3 is 0 Å². The first kappa shape index (κ1) is 13.9. The molecule has 24 heavy (non-hydrogen) atoms. The number of aromatic nitrogens is 1. The number of aryl methyl sites for hydroxylation is 1. The monoisotopic (exact) mass is 337 g/mol. The van der Waals surface area contributed by atoms with Gasteiger partial charge in [0.15, 0.2) is 11.5 Å². The largest absolute Gasteiger partial charge is 0.493 e. The van der Waals surface area contributed by atoms with E-state index < -0.39 is 0 Å². The number of benzene rings is 2. The van der Waals surface area contributed by atoms with E-state index in [1.807, 2.05) is 13.0 Å². The van der Waals surface area contributed by atoms with Crippen LogP contribution in [-0.2, 0) is 6.42 Å². The van der Waals surface area contributed by atoms with Crippen LogP contribution in [0.1, 0.15) is 11.1 Å². The zero-order valence-corrected chi connectivity index (χ0v) is 14.0. The van der Waals surface area contributed by atoms with Gasteiger partial charge in [0.2, 0.25) is 6.79 Å². The molecule has 0 bridgehead atoms. The maximum absolute atomic E-state index is 5.71. The van der Waals surface area contributed by atoms with Gasteiger partial charge in [-0.1, -0.05) is 12.1 Å². The van der Waals surface area contributed by atoms with Gasteiger partial charge in [0, 0.05) is 22.9 Å². The predicted molar refractivity (Wildman–Crippen MR) is 93.0 cm³/mol. The Balaban J connectivity index is 1.62. The van der Waals surface area contributed by atoms with Crippen molar-refractivity contribution in [3.8, 4) is 39.6 Å². The Labute approximate surface area is 143 Å². The van der Waals surface area contributed by atoms with E-state index >= 15 is 0 Å². The molecule has 3 heterocycles. The van der Waals surface area contributed by atoms with Crippen LogP contribution in [0.5, 0.6) is 17.2 Å². The van der Waals surface area contributed by atoms with Crippen molar-refractivity contribution >= 4 is 11.5 Å². The Morgan fingerprint density at radius 1 is 1.00 bits per heavy atom. The van der Waals surface area contributed by atoms with Crippen molar-refractivity contribution in [2.24, 2.45) is 0 Å². The molecule has 120 valence electrons. The highest BCUT2D eigenvalue weighted by atomic mass is 32.1. The molecule has 0 fully saturated rings. The molecule has 0 aliphatic carbocycles. The smallest absolute Gasteiger partial charge is 0.231 e. The van der Waals surface area contributed by atoms with Gasteiger partial charge in [-0.05, 0) is 53.3 Å². The molecule has 0 spiro atoms. The molecule has 0 N–H and O–H groups in total. The Kier molecular flexibility index (Phi) is 3.03. The van der Waals surface area contributed by atoms with Crippen LogP contribution < -0.4 is 14.2 Å². The molecule has 0 unspecified atom stereocenters. The van der Waals surface area contributed by atoms with Crippen LogP contribution in [0.3, 0.4) is 0 Å². The normalized spacial score (nSPS) is 14.5. The topological polar surface area (TPSA) is 40.6 Å². The molecule has 0 saturated carbocycles. The summed E-state index contributed by atoms with van der Waals surface area (Å²) in [7, 11) is 0. The number of hydrogen-bond acceptors (Lipinski definition) is 5. The number of hydrogen-bond donors (Lipinski definition) is 0. The van der Waals surface area contributed by atoms with Crippen molar-refractivity contribution in [3.63, 3.8) is 0 Å². The number of ether oxygens (including phenoxy) is 3. The number of fused-ring (bicyclic) bond motifs is 2. The second-order valence-corrected chi connectivity index (χ2v) is 6.65. The first-order chi connectivity index (χ1) is 11.8. The van der Waals surface area contributed by atoms with Gasteiger partial charge in [-0.15, -0.1) is 0 Å². The number of nitrogens with zero attached hydrogens (tertiary/aromatic N) is 1. The highest BCUT2D eigenvalue weighted by Gasteiger charge is 2.21. The molecular weight excluding hydrogens is 322 g/mol. The molecule has 2 aliphatic rings. The summed E-state index contributed by atoms with van der Waals surface area (Å²) in [5.74, 6) is 2.62. The minimum absolute atomic E-state index is 0.283. The summed E-state index contributed by atoms with van der Waals surface area (Å²) in [4.78, 5) is 0. The summed E-state index contributed by atoms with van der Waals surface area (Å²) in [6, 6.07) is 10.5. The zero-order chi connectivity index (χ0) is 16.1. The van der Waals surface area contributed by atoms with Crippen LogP contribution in [0.15, 0.2) is 35.7 Å². The standard InChI is InChI=1S/C19H15NO3S/c1-11-6-14(8-17-19(11)23-10-22-17)18-15(9-24-20-18)13-3-2-12-4-5-21-16(12)7-13/h2-3,6-9H,4-5,10H2,1H3. The van der Waals surface area contributed by atoms with E-state index in [1.54, 1.807) is 0 Å². The maximum atomic E-state index is 5.71. The van der Waals surface area contributed by atoms with Gasteiger partial charge in [0.25, 0.3) is 0 Å². The Hall–Kier alpha value is -2.53. The maximum Gasteiger partial charge on any atom is 0.231 e. The second kappa shape index (κ2) is 5.24. The Bertz CT molecular complexity index is 948. The van der Waals surface area contributed by atoms with Crippen LogP contribution >= 0.6 is 11.5 Å². The molecule has 0 atom stereocenters. The molecule has 3 aromatic rings. The lowest BCUT2D eigenvalue weighted by molar-refractivity contribution is 0.173. The quantitative estimate of drug-likeness (QED) is 0.693. The fourth-order valence-electron chi connectivity index (χ4n) is 3.31. The van der Waals surface area contributed by atoms with Gasteiger partial charge < -0.3 is 14.2 Å².